The van der Waals surface area contributed by atoms with E-state index < -0.39 is 0 Å². The van der Waals surface area contributed by atoms with E-state index in [2.05, 4.69) is 61.9 Å². The first kappa shape index (κ1) is 20.6. The standard InChI is InChI=1S/C25H29N7S/c1-2-5-20(4-1)32-17-28-22-23(29-25(30-24(22)32)31-13-11-26-12-14-31)27-16-18-7-9-19(10-8-18)21-6-3-15-33-21/h3,6-10,15,17,20,26H,1-2,4-5,11-14,16H2,(H,27,29,30). The van der Waals surface area contributed by atoms with Crippen molar-refractivity contribution in [1.29, 1.82) is 0 Å². The number of imidazole rings is 1. The molecule has 1 aliphatic carbocycles. The number of rotatable bonds is 6. The van der Waals surface area contributed by atoms with Crippen LogP contribution >= 0.6 is 11.3 Å². The fourth-order valence-corrected chi connectivity index (χ4v) is 5.63. The summed E-state index contributed by atoms with van der Waals surface area (Å²) in [5.74, 6) is 1.63. The van der Waals surface area contributed by atoms with Crippen molar-refractivity contribution in [2.45, 2.75) is 38.3 Å². The van der Waals surface area contributed by atoms with Gasteiger partial charge in [-0.1, -0.05) is 43.2 Å². The summed E-state index contributed by atoms with van der Waals surface area (Å²) < 4.78 is 2.29. The quantitative estimate of drug-likeness (QED) is 0.436. The summed E-state index contributed by atoms with van der Waals surface area (Å²) in [7, 11) is 0. The van der Waals surface area contributed by atoms with Crippen molar-refractivity contribution in [3.05, 3.63) is 53.7 Å². The van der Waals surface area contributed by atoms with Gasteiger partial charge in [0.05, 0.1) is 6.33 Å². The molecule has 2 aliphatic rings. The van der Waals surface area contributed by atoms with E-state index in [0.29, 0.717) is 12.6 Å². The van der Waals surface area contributed by atoms with Crippen LogP contribution in [0, 0.1) is 0 Å². The fourth-order valence-electron chi connectivity index (χ4n) is 4.90. The third-order valence-corrected chi connectivity index (χ3v) is 7.67. The Labute approximate surface area is 197 Å². The summed E-state index contributed by atoms with van der Waals surface area (Å²) in [5, 5.41) is 9.11. The van der Waals surface area contributed by atoms with Gasteiger partial charge < -0.3 is 20.1 Å². The third kappa shape index (κ3) is 4.20. The number of nitrogens with zero attached hydrogens (tertiary/aromatic N) is 5. The van der Waals surface area contributed by atoms with Gasteiger partial charge in [0, 0.05) is 43.6 Å². The number of thiophene rings is 1. The minimum absolute atomic E-state index is 0.499. The van der Waals surface area contributed by atoms with E-state index >= 15 is 0 Å². The Morgan fingerprint density at radius 1 is 1.03 bits per heavy atom. The predicted molar refractivity (Wildman–Crippen MR) is 135 cm³/mol. The van der Waals surface area contributed by atoms with Crippen LogP contribution in [-0.2, 0) is 6.54 Å². The third-order valence-electron chi connectivity index (χ3n) is 6.75. The Morgan fingerprint density at radius 2 is 1.85 bits per heavy atom. The average Bonchev–Trinajstić information content (AvgIpc) is 3.65. The number of nitrogens with one attached hydrogen (secondary N) is 2. The van der Waals surface area contributed by atoms with Gasteiger partial charge in [-0.3, -0.25) is 0 Å². The molecule has 2 N–H and O–H groups in total. The molecule has 1 aliphatic heterocycles. The van der Waals surface area contributed by atoms with Crippen molar-refractivity contribution in [2.24, 2.45) is 0 Å². The first-order chi connectivity index (χ1) is 16.3. The summed E-state index contributed by atoms with van der Waals surface area (Å²) in [6.07, 6.45) is 6.95. The number of anilines is 2. The second kappa shape index (κ2) is 9.11. The van der Waals surface area contributed by atoms with Crippen LogP contribution in [-0.4, -0.2) is 45.7 Å². The van der Waals surface area contributed by atoms with Gasteiger partial charge in [0.2, 0.25) is 5.95 Å². The van der Waals surface area contributed by atoms with Gasteiger partial charge in [0.25, 0.3) is 0 Å². The molecule has 0 spiro atoms. The van der Waals surface area contributed by atoms with Crippen molar-refractivity contribution < 1.29 is 0 Å². The van der Waals surface area contributed by atoms with Crippen molar-refractivity contribution in [1.82, 2.24) is 24.8 Å². The van der Waals surface area contributed by atoms with Crippen LogP contribution in [0.15, 0.2) is 48.1 Å². The van der Waals surface area contributed by atoms with Gasteiger partial charge >= 0.3 is 0 Å². The highest BCUT2D eigenvalue weighted by Gasteiger charge is 2.23. The molecule has 2 fully saturated rings. The number of hydrogen-bond acceptors (Lipinski definition) is 7. The monoisotopic (exact) mass is 459 g/mol. The zero-order valence-electron chi connectivity index (χ0n) is 18.7. The molecular weight excluding hydrogens is 430 g/mol. The van der Waals surface area contributed by atoms with Crippen molar-refractivity contribution in [3.8, 4) is 10.4 Å². The predicted octanol–water partition coefficient (Wildman–Crippen LogP) is 4.69. The van der Waals surface area contributed by atoms with E-state index in [0.717, 1.165) is 49.1 Å². The minimum Gasteiger partial charge on any atom is -0.364 e. The summed E-state index contributed by atoms with van der Waals surface area (Å²) >= 11 is 1.77. The van der Waals surface area contributed by atoms with Crippen molar-refractivity contribution in [2.75, 3.05) is 36.4 Å². The van der Waals surface area contributed by atoms with Crippen molar-refractivity contribution in [3.63, 3.8) is 0 Å². The van der Waals surface area contributed by atoms with Gasteiger partial charge in [0.15, 0.2) is 17.0 Å². The SMILES string of the molecule is c1csc(-c2ccc(CNc3nc(N4CCNCC4)nc4c3ncn4C3CCCC3)cc2)c1. The first-order valence-corrected chi connectivity index (χ1v) is 12.8. The molecule has 0 bridgehead atoms. The number of aromatic nitrogens is 4. The van der Waals surface area contributed by atoms with E-state index in [1.54, 1.807) is 11.3 Å². The Kier molecular flexibility index (Phi) is 5.69. The molecule has 3 aromatic heterocycles. The molecule has 4 aromatic rings. The molecule has 0 amide bonds. The topological polar surface area (TPSA) is 70.9 Å². The Hall–Kier alpha value is -2.97. The lowest BCUT2D eigenvalue weighted by Crippen LogP contribution is -2.44. The average molecular weight is 460 g/mol. The first-order valence-electron chi connectivity index (χ1n) is 11.9. The van der Waals surface area contributed by atoms with Gasteiger partial charge in [0.1, 0.15) is 0 Å². The van der Waals surface area contributed by atoms with Gasteiger partial charge in [-0.05, 0) is 35.4 Å². The zero-order valence-corrected chi connectivity index (χ0v) is 19.5. The second-order valence-corrected chi connectivity index (χ2v) is 9.85. The second-order valence-electron chi connectivity index (χ2n) is 8.90. The van der Waals surface area contributed by atoms with Crippen molar-refractivity contribution >= 4 is 34.3 Å². The van der Waals surface area contributed by atoms with Gasteiger partial charge in [-0.2, -0.15) is 9.97 Å². The van der Waals surface area contributed by atoms with E-state index in [9.17, 15) is 0 Å². The number of benzene rings is 1. The maximum Gasteiger partial charge on any atom is 0.229 e. The maximum atomic E-state index is 5.01. The lowest BCUT2D eigenvalue weighted by atomic mass is 10.1. The summed E-state index contributed by atoms with van der Waals surface area (Å²) in [4.78, 5) is 18.3. The largest absolute Gasteiger partial charge is 0.364 e. The molecule has 0 radical (unpaired) electrons. The van der Waals surface area contributed by atoms with E-state index in [-0.39, 0.29) is 0 Å². The molecule has 0 atom stereocenters. The molecule has 33 heavy (non-hydrogen) atoms. The van der Waals surface area contributed by atoms with E-state index in [1.807, 2.05) is 6.33 Å². The molecule has 1 saturated heterocycles. The highest BCUT2D eigenvalue weighted by Crippen LogP contribution is 2.33. The highest BCUT2D eigenvalue weighted by molar-refractivity contribution is 7.13. The van der Waals surface area contributed by atoms with E-state index in [1.165, 1.54) is 41.7 Å². The van der Waals surface area contributed by atoms with Crippen LogP contribution in [0.1, 0.15) is 37.3 Å². The molecule has 1 saturated carbocycles. The lowest BCUT2D eigenvalue weighted by molar-refractivity contribution is 0.528. The molecule has 170 valence electrons. The molecule has 4 heterocycles. The molecule has 1 aromatic carbocycles. The molecular formula is C25H29N7S. The summed E-state index contributed by atoms with van der Waals surface area (Å²) in [5.41, 5.74) is 4.31. The maximum absolute atomic E-state index is 5.01. The van der Waals surface area contributed by atoms with Crippen LogP contribution < -0.4 is 15.5 Å². The lowest BCUT2D eigenvalue weighted by Gasteiger charge is -2.27. The summed E-state index contributed by atoms with van der Waals surface area (Å²) in [6, 6.07) is 13.5. The van der Waals surface area contributed by atoms with Gasteiger partial charge in [-0.25, -0.2) is 4.98 Å². The Balaban J connectivity index is 1.29. The molecule has 6 rings (SSSR count). The van der Waals surface area contributed by atoms with Crippen LogP contribution in [0.2, 0.25) is 0 Å². The molecule has 0 unspecified atom stereocenters. The summed E-state index contributed by atoms with van der Waals surface area (Å²) in [6.45, 7) is 4.47. The molecule has 8 heteroatoms. The van der Waals surface area contributed by atoms with E-state index in [4.69, 9.17) is 15.0 Å². The van der Waals surface area contributed by atoms with Crippen LogP contribution in [0.4, 0.5) is 11.8 Å². The smallest absolute Gasteiger partial charge is 0.229 e. The number of hydrogen-bond donors (Lipinski definition) is 2. The van der Waals surface area contributed by atoms with Crippen LogP contribution in [0.25, 0.3) is 21.6 Å². The van der Waals surface area contributed by atoms with Crippen LogP contribution in [0.5, 0.6) is 0 Å². The minimum atomic E-state index is 0.499. The zero-order chi connectivity index (χ0) is 22.0. The molecule has 7 nitrogen and oxygen atoms in total. The fraction of sp³-hybridized carbons (Fsp3) is 0.400. The Bertz CT molecular complexity index is 1200. The van der Waals surface area contributed by atoms with Gasteiger partial charge in [-0.15, -0.1) is 11.3 Å². The number of fused-ring (bicyclic) bond motifs is 1. The normalized spacial score (nSPS) is 17.2. The Morgan fingerprint density at radius 3 is 2.61 bits per heavy atom. The highest BCUT2D eigenvalue weighted by atomic mass is 32.1. The number of piperazine rings is 1. The van der Waals surface area contributed by atoms with Crippen LogP contribution in [0.3, 0.4) is 0 Å².